The molecule has 0 saturated carbocycles. The van der Waals surface area contributed by atoms with Crippen LogP contribution in [0, 0.1) is 5.92 Å². The Balaban J connectivity index is 0.759. The van der Waals surface area contributed by atoms with Gasteiger partial charge in [0.2, 0.25) is 29.5 Å². The summed E-state index contributed by atoms with van der Waals surface area (Å²) in [5.41, 5.74) is 7.35. The molecule has 22 nitrogen and oxygen atoms in total. The first-order valence-corrected chi connectivity index (χ1v) is 33.0. The highest BCUT2D eigenvalue weighted by Crippen LogP contribution is 2.33. The first-order chi connectivity index (χ1) is 44.3. The molecule has 7 N–H and O–H groups in total. The Morgan fingerprint density at radius 1 is 0.728 bits per heavy atom. The topological polar surface area (TPSA) is 288 Å². The van der Waals surface area contributed by atoms with Crippen molar-refractivity contribution in [3.8, 4) is 0 Å². The van der Waals surface area contributed by atoms with Gasteiger partial charge in [-0.1, -0.05) is 149 Å². The number of carboxylic acids is 1. The van der Waals surface area contributed by atoms with Crippen LogP contribution in [0.5, 0.6) is 0 Å². The summed E-state index contributed by atoms with van der Waals surface area (Å²) in [6, 6.07) is 24.9. The Bertz CT molecular complexity index is 3310. The van der Waals surface area contributed by atoms with Crippen LogP contribution >= 0.6 is 0 Å². The lowest BCUT2D eigenvalue weighted by atomic mass is 9.95. The number of unbranched alkanes of at least 4 members (excludes halogenated alkanes) is 11. The molecule has 0 aliphatic carbocycles. The summed E-state index contributed by atoms with van der Waals surface area (Å²) in [6.07, 6.45) is 18.7. The van der Waals surface area contributed by atoms with Crippen molar-refractivity contribution >= 4 is 69.8 Å². The van der Waals surface area contributed by atoms with E-state index < -0.39 is 83.6 Å². The first-order valence-electron chi connectivity index (χ1n) is 33.0. The number of alkyl carbamates (subject to hydrolysis) is 1. The van der Waals surface area contributed by atoms with E-state index in [1.165, 1.54) is 22.1 Å². The van der Waals surface area contributed by atoms with Gasteiger partial charge < -0.3 is 61.0 Å². The fourth-order valence-corrected chi connectivity index (χ4v) is 12.8. The van der Waals surface area contributed by atoms with E-state index in [0.717, 1.165) is 129 Å². The van der Waals surface area contributed by atoms with Crippen molar-refractivity contribution in [2.45, 2.75) is 185 Å². The number of rotatable bonds is 30. The SMILES string of the molecule is CC(C)(C)OC(=O)N[C@H]1CN(C(=O)NCCCCCCCCCCCCCCN(C(=O)[C@H]2CCCN(c3cncc4ccccc34)C2)c2ccc(=O)n(CC(=O)O)c2)CC[C@H]2CC[C@@H](C(=O)NC(CCC(N)=O)C(=O)NC(c3ccccc3)c3ccccc3)N2C1=O. The number of hydrogen-bond acceptors (Lipinski definition) is 12. The second kappa shape index (κ2) is 34.0. The number of urea groups is 1. The van der Waals surface area contributed by atoms with Crippen LogP contribution in [0.3, 0.4) is 0 Å². The standard InChI is InChI=1S/C70H93N11O11/c1-70(2,3)92-69(91)75-57-47-78(42-38-53-32-35-58(81(53)67(57)89)65(87)74-56(34-36-60(71)82)64(86)76-63(49-25-16-14-17-26-49)50-27-18-15-19-28-50)68(90)73-39-22-12-10-8-6-4-5-7-9-11-13-23-41-80(54-33-37-61(83)79(46-54)48-62(84)85)66(88)52-30-24-40-77(45-52)59-44-72-43-51-29-20-21-31-55(51)59/h14-21,25-29,31,33,37,43-44,46,52-53,56-58,63H,4-13,22-24,30,32,34-36,38-42,45,47-48H2,1-3H3,(H2,71,82)(H,73,90)(H,74,87)(H,75,91)(H,76,86)(H,84,85)/t52-,53+,56?,57-,58-/m0/s1. The Hall–Kier alpha value is -8.82. The molecule has 494 valence electrons. The van der Waals surface area contributed by atoms with E-state index in [-0.39, 0.29) is 50.2 Å². The predicted octanol–water partition coefficient (Wildman–Crippen LogP) is 8.74. The molecule has 3 fully saturated rings. The summed E-state index contributed by atoms with van der Waals surface area (Å²) in [5.74, 6) is -3.79. The van der Waals surface area contributed by atoms with Crippen LogP contribution in [0.2, 0.25) is 0 Å². The van der Waals surface area contributed by atoms with Crippen LogP contribution in [-0.2, 0) is 40.0 Å². The monoisotopic (exact) mass is 1260 g/mol. The Kier molecular flexibility index (Phi) is 25.5. The van der Waals surface area contributed by atoms with Gasteiger partial charge in [-0.15, -0.1) is 0 Å². The van der Waals surface area contributed by atoms with Crippen molar-refractivity contribution in [2.24, 2.45) is 11.7 Å². The maximum absolute atomic E-state index is 14.7. The normalized spacial score (nSPS) is 17.9. The number of hydrogen-bond donors (Lipinski definition) is 6. The Morgan fingerprint density at radius 3 is 2.02 bits per heavy atom. The maximum Gasteiger partial charge on any atom is 0.408 e. The third-order valence-corrected chi connectivity index (χ3v) is 17.5. The third-order valence-electron chi connectivity index (χ3n) is 17.5. The molecule has 0 bridgehead atoms. The van der Waals surface area contributed by atoms with Crippen molar-refractivity contribution in [1.29, 1.82) is 0 Å². The molecule has 1 unspecified atom stereocenters. The molecule has 8 rings (SSSR count). The summed E-state index contributed by atoms with van der Waals surface area (Å²) in [6.45, 7) is 6.90. The molecule has 3 aliphatic rings. The number of pyridine rings is 2. The molecule has 3 aromatic carbocycles. The van der Waals surface area contributed by atoms with Gasteiger partial charge in [0.05, 0.1) is 36.1 Å². The zero-order valence-electron chi connectivity index (χ0n) is 53.6. The minimum Gasteiger partial charge on any atom is -0.480 e. The molecule has 8 amide bonds. The molecule has 3 aliphatic heterocycles. The Labute approximate surface area is 539 Å². The average Bonchev–Trinajstić information content (AvgIpc) is 1.35. The summed E-state index contributed by atoms with van der Waals surface area (Å²) in [4.78, 5) is 133. The lowest BCUT2D eigenvalue weighted by Crippen LogP contribution is -2.62. The number of benzene rings is 3. The largest absolute Gasteiger partial charge is 0.480 e. The highest BCUT2D eigenvalue weighted by molar-refractivity contribution is 5.98. The van der Waals surface area contributed by atoms with Crippen molar-refractivity contribution in [3.05, 3.63) is 137 Å². The molecule has 92 heavy (non-hydrogen) atoms. The number of aliphatic carboxylic acids is 1. The van der Waals surface area contributed by atoms with Gasteiger partial charge in [0.15, 0.2) is 0 Å². The smallest absolute Gasteiger partial charge is 0.408 e. The second-order valence-corrected chi connectivity index (χ2v) is 25.6. The number of ether oxygens (including phenoxy) is 1. The molecular formula is C70H93N11O11. The molecule has 0 spiro atoms. The van der Waals surface area contributed by atoms with E-state index in [2.05, 4.69) is 37.2 Å². The molecule has 2 aromatic heterocycles. The second-order valence-electron chi connectivity index (χ2n) is 25.6. The van der Waals surface area contributed by atoms with E-state index in [0.29, 0.717) is 38.2 Å². The number of piperidine rings is 1. The molecule has 5 atom stereocenters. The van der Waals surface area contributed by atoms with E-state index in [1.807, 2.05) is 91.3 Å². The van der Waals surface area contributed by atoms with E-state index in [1.54, 1.807) is 31.7 Å². The van der Waals surface area contributed by atoms with Gasteiger partial charge >= 0.3 is 18.1 Å². The molecule has 3 saturated heterocycles. The van der Waals surface area contributed by atoms with Crippen molar-refractivity contribution in [1.82, 2.24) is 40.6 Å². The molecule has 0 radical (unpaired) electrons. The summed E-state index contributed by atoms with van der Waals surface area (Å²) in [7, 11) is 0. The summed E-state index contributed by atoms with van der Waals surface area (Å²) in [5, 5.41) is 23.3. The molecule has 22 heteroatoms. The third kappa shape index (κ3) is 20.1. The highest BCUT2D eigenvalue weighted by Gasteiger charge is 2.46. The van der Waals surface area contributed by atoms with Gasteiger partial charge in [-0.3, -0.25) is 38.5 Å². The van der Waals surface area contributed by atoms with Gasteiger partial charge in [0, 0.05) is 74.4 Å². The quantitative estimate of drug-likeness (QED) is 0.0235. The number of anilines is 2. The van der Waals surface area contributed by atoms with Gasteiger partial charge in [-0.25, -0.2) is 9.59 Å². The van der Waals surface area contributed by atoms with Crippen molar-refractivity contribution in [2.75, 3.05) is 49.1 Å². The summed E-state index contributed by atoms with van der Waals surface area (Å²) < 4.78 is 6.70. The fourth-order valence-electron chi connectivity index (χ4n) is 12.8. The average molecular weight is 1260 g/mol. The number of aromatic nitrogens is 2. The molecular weight excluding hydrogens is 1170 g/mol. The number of nitrogens with one attached hydrogen (secondary N) is 4. The van der Waals surface area contributed by atoms with Gasteiger partial charge in [0.25, 0.3) is 5.56 Å². The van der Waals surface area contributed by atoms with E-state index in [4.69, 9.17) is 10.5 Å². The zero-order chi connectivity index (χ0) is 65.6. The number of primary amides is 1. The van der Waals surface area contributed by atoms with Crippen LogP contribution in [0.1, 0.15) is 160 Å². The van der Waals surface area contributed by atoms with Gasteiger partial charge in [-0.05, 0) is 89.3 Å². The first kappa shape index (κ1) is 69.1. The maximum atomic E-state index is 14.7. The van der Waals surface area contributed by atoms with Crippen molar-refractivity contribution in [3.63, 3.8) is 0 Å². The van der Waals surface area contributed by atoms with Crippen LogP contribution in [0.25, 0.3) is 10.8 Å². The molecule has 5 heterocycles. The minimum atomic E-state index is -1.26. The number of carboxylic acid groups (broad SMARTS) is 1. The number of carbonyl (C=O) groups is 8. The zero-order valence-corrected chi connectivity index (χ0v) is 53.6. The minimum absolute atomic E-state index is 0.0310. The lowest BCUT2D eigenvalue weighted by Gasteiger charge is -2.39. The van der Waals surface area contributed by atoms with Crippen LogP contribution in [0.4, 0.5) is 21.0 Å². The van der Waals surface area contributed by atoms with Gasteiger partial charge in [-0.2, -0.15) is 0 Å². The summed E-state index contributed by atoms with van der Waals surface area (Å²) >= 11 is 0. The lowest BCUT2D eigenvalue weighted by molar-refractivity contribution is -0.144. The predicted molar refractivity (Wildman–Crippen MR) is 352 cm³/mol. The number of nitrogens with zero attached hydrogens (tertiary/aromatic N) is 6. The van der Waals surface area contributed by atoms with E-state index >= 15 is 0 Å². The number of carbonyl (C=O) groups excluding carboxylic acids is 7. The van der Waals surface area contributed by atoms with Gasteiger partial charge in [0.1, 0.15) is 30.3 Å². The fraction of sp³-hybridized carbons (Fsp3) is 0.514. The number of fused-ring (bicyclic) bond motifs is 2. The van der Waals surface area contributed by atoms with Crippen LogP contribution in [-0.4, -0.2) is 141 Å². The van der Waals surface area contributed by atoms with Crippen LogP contribution < -0.4 is 42.4 Å². The number of nitrogens with two attached hydrogens (primary N) is 1. The van der Waals surface area contributed by atoms with Crippen molar-refractivity contribution < 1.29 is 48.2 Å². The van der Waals surface area contributed by atoms with E-state index in [9.17, 15) is 48.3 Å². The Morgan fingerprint density at radius 2 is 1.37 bits per heavy atom. The van der Waals surface area contributed by atoms with Crippen LogP contribution in [0.15, 0.2) is 120 Å². The molecule has 5 aromatic rings. The highest BCUT2D eigenvalue weighted by atomic mass is 16.6. The number of amides is 8.